The highest BCUT2D eigenvalue weighted by Crippen LogP contribution is 2.49. The monoisotopic (exact) mass is 533 g/mol. The van der Waals surface area contributed by atoms with Crippen molar-refractivity contribution in [3.63, 3.8) is 0 Å². The second-order valence-corrected chi connectivity index (χ2v) is 11.4. The average Bonchev–Trinajstić information content (AvgIpc) is 2.84. The lowest BCUT2D eigenvalue weighted by Crippen LogP contribution is -2.41. The van der Waals surface area contributed by atoms with Crippen molar-refractivity contribution in [1.29, 1.82) is 0 Å². The Morgan fingerprint density at radius 3 is 2.30 bits per heavy atom. The van der Waals surface area contributed by atoms with E-state index in [2.05, 4.69) is 9.97 Å². The van der Waals surface area contributed by atoms with E-state index in [1.165, 1.54) is 12.4 Å². The molecular formula is C26H26F3N3O4S. The van der Waals surface area contributed by atoms with Gasteiger partial charge in [-0.15, -0.1) is 0 Å². The molecule has 1 atom stereocenters. The Labute approximate surface area is 212 Å². The summed E-state index contributed by atoms with van der Waals surface area (Å²) in [7, 11) is -3.96. The van der Waals surface area contributed by atoms with E-state index < -0.39 is 60.6 Å². The van der Waals surface area contributed by atoms with Crippen LogP contribution in [0, 0.1) is 23.4 Å². The molecule has 1 aliphatic rings. The quantitative estimate of drug-likeness (QED) is 0.488. The average molecular weight is 534 g/mol. The molecule has 0 saturated carbocycles. The molecule has 196 valence electrons. The number of halogens is 3. The highest BCUT2D eigenvalue weighted by atomic mass is 32.2. The number of carbonyl (C=O) groups is 1. The van der Waals surface area contributed by atoms with E-state index in [-0.39, 0.29) is 17.0 Å². The summed E-state index contributed by atoms with van der Waals surface area (Å²) >= 11 is 0. The maximum Gasteiger partial charge on any atom is 0.267 e. The third-order valence-electron chi connectivity index (χ3n) is 6.66. The van der Waals surface area contributed by atoms with Crippen LogP contribution in [0.15, 0.2) is 41.6 Å². The summed E-state index contributed by atoms with van der Waals surface area (Å²) in [6.07, 6.45) is 5.47. The number of nitrogens with zero attached hydrogens (tertiary/aromatic N) is 2. The first-order valence-corrected chi connectivity index (χ1v) is 13.5. The zero-order valence-corrected chi connectivity index (χ0v) is 21.3. The minimum absolute atomic E-state index is 0.0334. The first-order valence-electron chi connectivity index (χ1n) is 11.7. The van der Waals surface area contributed by atoms with Gasteiger partial charge in [0.15, 0.2) is 15.7 Å². The first-order chi connectivity index (χ1) is 17.4. The molecule has 1 fully saturated rings. The van der Waals surface area contributed by atoms with Gasteiger partial charge in [-0.2, -0.15) is 0 Å². The number of primary amides is 1. The van der Waals surface area contributed by atoms with Crippen LogP contribution in [-0.2, 0) is 20.2 Å². The summed E-state index contributed by atoms with van der Waals surface area (Å²) in [6.45, 7) is 3.95. The standard InChI is InChI=1S/C26H26F3N3O4S/c1-14(2)26(8-4-5-10-36-26)21-19(15-7-6-9-31-13-15)24(25(30)33)32-23(22(21)29)20-17(27)11-16(12-18(20)28)37(3,34)35/h6-7,9,11-14H,4-5,8,10H2,1-3H3,(H2,30,33). The van der Waals surface area contributed by atoms with Gasteiger partial charge < -0.3 is 10.5 Å². The summed E-state index contributed by atoms with van der Waals surface area (Å²) in [5.41, 5.74) is 2.53. The molecule has 2 aromatic heterocycles. The number of ether oxygens (including phenoxy) is 1. The fourth-order valence-electron chi connectivity index (χ4n) is 4.84. The molecule has 1 aliphatic heterocycles. The Morgan fingerprint density at radius 1 is 1.14 bits per heavy atom. The smallest absolute Gasteiger partial charge is 0.267 e. The van der Waals surface area contributed by atoms with E-state index >= 15 is 13.2 Å². The number of nitrogens with two attached hydrogens (primary N) is 1. The van der Waals surface area contributed by atoms with E-state index in [0.717, 1.165) is 12.7 Å². The topological polar surface area (TPSA) is 112 Å². The van der Waals surface area contributed by atoms with Gasteiger partial charge in [-0.25, -0.2) is 26.6 Å². The number of benzene rings is 1. The Kier molecular flexibility index (Phi) is 7.13. The predicted molar refractivity (Wildman–Crippen MR) is 131 cm³/mol. The molecule has 7 nitrogen and oxygen atoms in total. The highest BCUT2D eigenvalue weighted by molar-refractivity contribution is 7.90. The van der Waals surface area contributed by atoms with Crippen LogP contribution < -0.4 is 5.73 Å². The molecule has 0 aliphatic carbocycles. The number of sulfone groups is 1. The van der Waals surface area contributed by atoms with Crippen molar-refractivity contribution in [2.75, 3.05) is 12.9 Å². The SMILES string of the molecule is CC(C)C1(c2c(F)c(-c3c(F)cc(S(C)(=O)=O)cc3F)nc(C(N)=O)c2-c2cccnc2)CCCCO1. The van der Waals surface area contributed by atoms with E-state index in [9.17, 15) is 13.2 Å². The molecule has 1 amide bonds. The van der Waals surface area contributed by atoms with Crippen LogP contribution in [0.5, 0.6) is 0 Å². The largest absolute Gasteiger partial charge is 0.370 e. The van der Waals surface area contributed by atoms with Crippen LogP contribution in [0.25, 0.3) is 22.4 Å². The predicted octanol–water partition coefficient (Wildman–Crippen LogP) is 4.78. The maximum absolute atomic E-state index is 16.7. The summed E-state index contributed by atoms with van der Waals surface area (Å²) in [4.78, 5) is 20.1. The van der Waals surface area contributed by atoms with Crippen molar-refractivity contribution in [1.82, 2.24) is 9.97 Å². The van der Waals surface area contributed by atoms with E-state index in [1.807, 2.05) is 13.8 Å². The molecule has 0 spiro atoms. The van der Waals surface area contributed by atoms with Crippen molar-refractivity contribution in [3.8, 4) is 22.4 Å². The Balaban J connectivity index is 2.17. The van der Waals surface area contributed by atoms with Gasteiger partial charge in [0.05, 0.1) is 16.1 Å². The molecule has 3 aromatic rings. The molecule has 0 radical (unpaired) electrons. The number of carbonyl (C=O) groups excluding carboxylic acids is 1. The van der Waals surface area contributed by atoms with Crippen LogP contribution in [0.2, 0.25) is 0 Å². The zero-order chi connectivity index (χ0) is 27.1. The number of aromatic nitrogens is 2. The number of hydrogen-bond acceptors (Lipinski definition) is 6. The lowest BCUT2D eigenvalue weighted by atomic mass is 9.74. The molecule has 3 heterocycles. The van der Waals surface area contributed by atoms with Crippen molar-refractivity contribution >= 4 is 15.7 Å². The van der Waals surface area contributed by atoms with Gasteiger partial charge >= 0.3 is 0 Å². The van der Waals surface area contributed by atoms with Crippen molar-refractivity contribution in [3.05, 3.63) is 65.4 Å². The lowest BCUT2D eigenvalue weighted by molar-refractivity contribution is -0.116. The lowest BCUT2D eigenvalue weighted by Gasteiger charge is -2.43. The fraction of sp³-hybridized carbons (Fsp3) is 0.346. The maximum atomic E-state index is 16.7. The third kappa shape index (κ3) is 4.73. The molecule has 0 bridgehead atoms. The second kappa shape index (κ2) is 9.86. The van der Waals surface area contributed by atoms with Gasteiger partial charge in [-0.05, 0) is 43.4 Å². The molecular weight excluding hydrogens is 507 g/mol. The molecule has 1 unspecified atom stereocenters. The van der Waals surface area contributed by atoms with Crippen LogP contribution in [0.4, 0.5) is 13.2 Å². The van der Waals surface area contributed by atoms with Crippen LogP contribution in [0.3, 0.4) is 0 Å². The Morgan fingerprint density at radius 2 is 1.81 bits per heavy atom. The van der Waals surface area contributed by atoms with Gasteiger partial charge in [0.25, 0.3) is 5.91 Å². The van der Waals surface area contributed by atoms with Crippen LogP contribution in [-0.4, -0.2) is 37.2 Å². The van der Waals surface area contributed by atoms with Gasteiger partial charge in [0.1, 0.15) is 23.0 Å². The summed E-state index contributed by atoms with van der Waals surface area (Å²) in [6, 6.07) is 4.35. The number of rotatable bonds is 6. The summed E-state index contributed by atoms with van der Waals surface area (Å²) < 4.78 is 77.0. The van der Waals surface area contributed by atoms with E-state index in [1.54, 1.807) is 12.1 Å². The second-order valence-electron chi connectivity index (χ2n) is 9.36. The van der Waals surface area contributed by atoms with E-state index in [0.29, 0.717) is 37.1 Å². The van der Waals surface area contributed by atoms with Crippen molar-refractivity contribution < 1.29 is 31.1 Å². The van der Waals surface area contributed by atoms with Crippen molar-refractivity contribution in [2.45, 2.75) is 43.6 Å². The normalized spacial score (nSPS) is 18.2. The Bertz CT molecular complexity index is 1450. The van der Waals surface area contributed by atoms with Gasteiger partial charge in [-0.3, -0.25) is 9.78 Å². The van der Waals surface area contributed by atoms with E-state index in [4.69, 9.17) is 10.5 Å². The molecule has 11 heteroatoms. The molecule has 4 rings (SSSR count). The molecule has 37 heavy (non-hydrogen) atoms. The van der Waals surface area contributed by atoms with Crippen molar-refractivity contribution in [2.24, 2.45) is 11.7 Å². The summed E-state index contributed by atoms with van der Waals surface area (Å²) in [5, 5.41) is 0. The molecule has 1 saturated heterocycles. The minimum Gasteiger partial charge on any atom is -0.370 e. The first kappa shape index (κ1) is 26.7. The number of hydrogen-bond donors (Lipinski definition) is 1. The third-order valence-corrected chi connectivity index (χ3v) is 7.75. The number of amides is 1. The highest BCUT2D eigenvalue weighted by Gasteiger charge is 2.45. The van der Waals surface area contributed by atoms with Crippen LogP contribution in [0.1, 0.15) is 49.2 Å². The van der Waals surface area contributed by atoms with Crippen LogP contribution >= 0.6 is 0 Å². The Hall–Kier alpha value is -3.31. The molecule has 2 N–H and O–H groups in total. The molecule has 1 aromatic carbocycles. The zero-order valence-electron chi connectivity index (χ0n) is 20.5. The summed E-state index contributed by atoms with van der Waals surface area (Å²) in [5.74, 6) is -5.18. The fourth-order valence-corrected chi connectivity index (χ4v) is 5.48. The van der Waals surface area contributed by atoms with Gasteiger partial charge in [0.2, 0.25) is 0 Å². The number of pyridine rings is 2. The van der Waals surface area contributed by atoms with Gasteiger partial charge in [0, 0.05) is 41.9 Å². The van der Waals surface area contributed by atoms with Gasteiger partial charge in [-0.1, -0.05) is 19.9 Å². The minimum atomic E-state index is -3.96.